The lowest BCUT2D eigenvalue weighted by Crippen LogP contribution is -2.34. The zero-order chi connectivity index (χ0) is 15.4. The third-order valence-electron chi connectivity index (χ3n) is 3.02. The first-order chi connectivity index (χ1) is 10.0. The van der Waals surface area contributed by atoms with Crippen molar-refractivity contribution in [3.05, 3.63) is 32.6 Å². The summed E-state index contributed by atoms with van der Waals surface area (Å²) in [5.74, 6) is 0.309. The Balaban J connectivity index is 1.96. The Morgan fingerprint density at radius 2 is 2.33 bits per heavy atom. The zero-order valence-electron chi connectivity index (χ0n) is 12.0. The molecule has 2 atom stereocenters. The Morgan fingerprint density at radius 3 is 3.05 bits per heavy atom. The van der Waals surface area contributed by atoms with Gasteiger partial charge in [0.25, 0.3) is 5.56 Å². The minimum Gasteiger partial charge on any atom is -0.462 e. The maximum atomic E-state index is 11.8. The SMILES string of the molecule is CCCC(=O)OCC1OC(n2cc(C)c(=O)[nH]c2=O)CS1. The number of aromatic amines is 1. The molecule has 116 valence electrons. The van der Waals surface area contributed by atoms with Crippen LogP contribution in [0.4, 0.5) is 0 Å². The average Bonchev–Trinajstić information content (AvgIpc) is 2.89. The largest absolute Gasteiger partial charge is 0.462 e. The van der Waals surface area contributed by atoms with Gasteiger partial charge in [-0.3, -0.25) is 19.1 Å². The van der Waals surface area contributed by atoms with Crippen LogP contribution in [0.15, 0.2) is 15.8 Å². The van der Waals surface area contributed by atoms with Gasteiger partial charge in [0.15, 0.2) is 0 Å². The highest BCUT2D eigenvalue weighted by molar-refractivity contribution is 8.00. The molecule has 0 spiro atoms. The molecule has 0 bridgehead atoms. The molecule has 1 aliphatic rings. The number of nitrogens with zero attached hydrogens (tertiary/aromatic N) is 1. The third-order valence-corrected chi connectivity index (χ3v) is 4.12. The Labute approximate surface area is 125 Å². The second-order valence-corrected chi connectivity index (χ2v) is 5.96. The number of thioether (sulfide) groups is 1. The maximum Gasteiger partial charge on any atom is 0.330 e. The minimum atomic E-state index is -0.500. The molecule has 1 aromatic rings. The van der Waals surface area contributed by atoms with Gasteiger partial charge in [-0.1, -0.05) is 6.92 Å². The van der Waals surface area contributed by atoms with Crippen LogP contribution >= 0.6 is 11.8 Å². The van der Waals surface area contributed by atoms with E-state index >= 15 is 0 Å². The van der Waals surface area contributed by atoms with Crippen LogP contribution < -0.4 is 11.2 Å². The molecule has 1 aliphatic heterocycles. The van der Waals surface area contributed by atoms with Gasteiger partial charge in [-0.15, -0.1) is 11.8 Å². The fourth-order valence-corrected chi connectivity index (χ4v) is 2.90. The summed E-state index contributed by atoms with van der Waals surface area (Å²) in [5.41, 5.74) is -0.747. The normalized spacial score (nSPS) is 21.4. The highest BCUT2D eigenvalue weighted by atomic mass is 32.2. The molecule has 21 heavy (non-hydrogen) atoms. The zero-order valence-corrected chi connectivity index (χ0v) is 12.8. The van der Waals surface area contributed by atoms with Gasteiger partial charge in [0.2, 0.25) is 0 Å². The molecule has 1 fully saturated rings. The van der Waals surface area contributed by atoms with Gasteiger partial charge < -0.3 is 9.47 Å². The molecule has 2 unspecified atom stereocenters. The number of carbonyl (C=O) groups excluding carboxylic acids is 1. The lowest BCUT2D eigenvalue weighted by molar-refractivity contribution is -0.146. The smallest absolute Gasteiger partial charge is 0.330 e. The van der Waals surface area contributed by atoms with E-state index in [2.05, 4.69) is 4.98 Å². The average molecular weight is 314 g/mol. The summed E-state index contributed by atoms with van der Waals surface area (Å²) in [6.45, 7) is 3.70. The minimum absolute atomic E-state index is 0.164. The molecule has 0 aromatic carbocycles. The van der Waals surface area contributed by atoms with Crippen molar-refractivity contribution in [3.63, 3.8) is 0 Å². The van der Waals surface area contributed by atoms with Crippen LogP contribution in [-0.4, -0.2) is 33.3 Å². The number of aromatic nitrogens is 2. The summed E-state index contributed by atoms with van der Waals surface area (Å²) in [4.78, 5) is 36.7. The lowest BCUT2D eigenvalue weighted by atomic mass is 10.3. The number of esters is 1. The van der Waals surface area contributed by atoms with Gasteiger partial charge in [0.05, 0.1) is 0 Å². The van der Waals surface area contributed by atoms with Crippen LogP contribution in [0.5, 0.6) is 0 Å². The quantitative estimate of drug-likeness (QED) is 0.808. The van der Waals surface area contributed by atoms with E-state index in [9.17, 15) is 14.4 Å². The molecule has 2 rings (SSSR count). The van der Waals surface area contributed by atoms with E-state index in [1.165, 1.54) is 22.5 Å². The van der Waals surface area contributed by atoms with Crippen molar-refractivity contribution in [2.75, 3.05) is 12.4 Å². The van der Waals surface area contributed by atoms with E-state index in [4.69, 9.17) is 9.47 Å². The molecule has 0 aliphatic carbocycles. The van der Waals surface area contributed by atoms with Gasteiger partial charge in [-0.05, 0) is 13.3 Å². The Hall–Kier alpha value is -1.54. The summed E-state index contributed by atoms with van der Waals surface area (Å²) in [7, 11) is 0. The first-order valence-electron chi connectivity index (χ1n) is 6.76. The summed E-state index contributed by atoms with van der Waals surface area (Å²) in [5, 5.41) is 0. The molecular formula is C13H18N2O5S. The van der Waals surface area contributed by atoms with Crippen molar-refractivity contribution in [1.29, 1.82) is 0 Å². The van der Waals surface area contributed by atoms with Crippen molar-refractivity contribution >= 4 is 17.7 Å². The summed E-state index contributed by atoms with van der Waals surface area (Å²) in [6, 6.07) is 0. The van der Waals surface area contributed by atoms with Gasteiger partial charge in [0, 0.05) is 23.9 Å². The molecule has 0 saturated carbocycles. The van der Waals surface area contributed by atoms with Crippen LogP contribution in [0.25, 0.3) is 0 Å². The van der Waals surface area contributed by atoms with Crippen molar-refractivity contribution in [1.82, 2.24) is 9.55 Å². The monoisotopic (exact) mass is 314 g/mol. The number of aryl methyl sites for hydroxylation is 1. The van der Waals surface area contributed by atoms with Gasteiger partial charge >= 0.3 is 11.7 Å². The fourth-order valence-electron chi connectivity index (χ4n) is 1.91. The topological polar surface area (TPSA) is 90.4 Å². The summed E-state index contributed by atoms with van der Waals surface area (Å²) in [6.07, 6.45) is 2.15. The predicted molar refractivity (Wildman–Crippen MR) is 78.3 cm³/mol. The van der Waals surface area contributed by atoms with E-state index < -0.39 is 17.5 Å². The molecule has 0 amide bonds. The van der Waals surface area contributed by atoms with E-state index in [1.54, 1.807) is 6.92 Å². The van der Waals surface area contributed by atoms with Crippen molar-refractivity contribution in [2.45, 2.75) is 38.4 Å². The fraction of sp³-hybridized carbons (Fsp3) is 0.615. The number of H-pyrrole nitrogens is 1. The summed E-state index contributed by atoms with van der Waals surface area (Å²) >= 11 is 1.47. The number of hydrogen-bond acceptors (Lipinski definition) is 6. The maximum absolute atomic E-state index is 11.8. The van der Waals surface area contributed by atoms with Crippen LogP contribution in [0, 0.1) is 6.92 Å². The predicted octanol–water partition coefficient (Wildman–Crippen LogP) is 0.776. The summed E-state index contributed by atoms with van der Waals surface area (Å²) < 4.78 is 12.1. The Morgan fingerprint density at radius 1 is 1.57 bits per heavy atom. The molecule has 8 heteroatoms. The van der Waals surface area contributed by atoms with Gasteiger partial charge in [0.1, 0.15) is 18.3 Å². The Kier molecular flexibility index (Phi) is 5.24. The number of ether oxygens (including phenoxy) is 2. The molecule has 1 N–H and O–H groups in total. The first-order valence-corrected chi connectivity index (χ1v) is 7.81. The van der Waals surface area contributed by atoms with E-state index in [0.29, 0.717) is 17.7 Å². The molecule has 2 heterocycles. The standard InChI is InChI=1S/C13H18N2O5S/c1-3-4-10(16)19-6-11-20-9(7-21-11)15-5-8(2)12(17)14-13(15)18/h5,9,11H,3-4,6-7H2,1-2H3,(H,14,17,18). The van der Waals surface area contributed by atoms with Crippen molar-refractivity contribution in [3.8, 4) is 0 Å². The van der Waals surface area contributed by atoms with Crippen LogP contribution in [-0.2, 0) is 14.3 Å². The van der Waals surface area contributed by atoms with Crippen molar-refractivity contribution in [2.24, 2.45) is 0 Å². The van der Waals surface area contributed by atoms with E-state index in [-0.39, 0.29) is 18.0 Å². The number of carbonyl (C=O) groups is 1. The molecule has 1 saturated heterocycles. The highest BCUT2D eigenvalue weighted by Gasteiger charge is 2.29. The number of rotatable bonds is 5. The van der Waals surface area contributed by atoms with Crippen LogP contribution in [0.2, 0.25) is 0 Å². The molecule has 0 radical (unpaired) electrons. The molecular weight excluding hydrogens is 296 g/mol. The van der Waals surface area contributed by atoms with Crippen LogP contribution in [0.1, 0.15) is 31.6 Å². The van der Waals surface area contributed by atoms with Gasteiger partial charge in [-0.2, -0.15) is 0 Å². The van der Waals surface area contributed by atoms with Crippen molar-refractivity contribution < 1.29 is 14.3 Å². The second-order valence-electron chi connectivity index (χ2n) is 4.77. The Bertz CT molecular complexity index is 624. The molecule has 1 aromatic heterocycles. The highest BCUT2D eigenvalue weighted by Crippen LogP contribution is 2.31. The van der Waals surface area contributed by atoms with Gasteiger partial charge in [-0.25, -0.2) is 4.79 Å². The lowest BCUT2D eigenvalue weighted by Gasteiger charge is -2.15. The first kappa shape index (κ1) is 15.8. The third kappa shape index (κ3) is 3.98. The number of hydrogen-bond donors (Lipinski definition) is 1. The van der Waals surface area contributed by atoms with E-state index in [0.717, 1.165) is 6.42 Å². The van der Waals surface area contributed by atoms with E-state index in [1.807, 2.05) is 6.92 Å². The second kappa shape index (κ2) is 6.95. The molecule has 7 nitrogen and oxygen atoms in total. The number of nitrogens with one attached hydrogen (secondary N) is 1. The van der Waals surface area contributed by atoms with Crippen LogP contribution in [0.3, 0.4) is 0 Å².